The lowest BCUT2D eigenvalue weighted by Crippen LogP contribution is -2.21. The molecule has 0 aliphatic rings. The summed E-state index contributed by atoms with van der Waals surface area (Å²) < 4.78 is 7.02. The summed E-state index contributed by atoms with van der Waals surface area (Å²) in [6.07, 6.45) is 0. The first kappa shape index (κ1) is 23.1. The number of esters is 1. The van der Waals surface area contributed by atoms with Gasteiger partial charge in [-0.25, -0.2) is 4.79 Å². The van der Waals surface area contributed by atoms with Gasteiger partial charge in [0.25, 0.3) is 5.91 Å². The Hall–Kier alpha value is -3.57. The maximum atomic E-state index is 12.7. The van der Waals surface area contributed by atoms with Crippen molar-refractivity contribution in [2.24, 2.45) is 0 Å². The number of para-hydroxylation sites is 1. The highest BCUT2D eigenvalue weighted by Gasteiger charge is 2.21. The number of rotatable bonds is 8. The number of nitrogens with one attached hydrogen (secondary N) is 1. The van der Waals surface area contributed by atoms with Crippen molar-refractivity contribution in [3.05, 3.63) is 76.6 Å². The molecule has 0 fully saturated rings. The molecule has 2 aromatic carbocycles. The monoisotopic (exact) mass is 448 g/mol. The third kappa shape index (κ3) is 5.77. The number of nitrogens with zero attached hydrogens (tertiary/aromatic N) is 3. The molecule has 0 aliphatic heterocycles. The molecule has 0 atom stereocenters. The number of thioether (sulfide) groups is 1. The third-order valence-electron chi connectivity index (χ3n) is 4.83. The SMILES string of the molecule is Cc1ccc(Cn2nc(C)c(C(=O)OCC(=O)Nc3ccccc3SCC#N)c2C)cc1. The van der Waals surface area contributed by atoms with Crippen molar-refractivity contribution < 1.29 is 14.3 Å². The fraction of sp³-hybridized carbons (Fsp3) is 0.250. The molecule has 8 heteroatoms. The van der Waals surface area contributed by atoms with E-state index in [0.717, 1.165) is 10.5 Å². The molecule has 1 amide bonds. The van der Waals surface area contributed by atoms with Crippen molar-refractivity contribution >= 4 is 29.3 Å². The molecule has 0 radical (unpaired) electrons. The Morgan fingerprint density at radius 2 is 1.84 bits per heavy atom. The summed E-state index contributed by atoms with van der Waals surface area (Å²) in [6, 6.07) is 17.4. The normalized spacial score (nSPS) is 10.4. The van der Waals surface area contributed by atoms with E-state index in [1.165, 1.54) is 17.3 Å². The van der Waals surface area contributed by atoms with Gasteiger partial charge in [0.15, 0.2) is 6.61 Å². The zero-order valence-electron chi connectivity index (χ0n) is 18.2. The van der Waals surface area contributed by atoms with E-state index in [0.29, 0.717) is 29.2 Å². The largest absolute Gasteiger partial charge is 0.452 e. The Balaban J connectivity index is 1.63. The Kier molecular flexibility index (Phi) is 7.68. The standard InChI is InChI=1S/C24H24N4O3S/c1-16-8-10-19(11-9-16)14-28-18(3)23(17(2)27-28)24(30)31-15-22(29)26-20-6-4-5-7-21(20)32-13-12-25/h4-11H,13-15H2,1-3H3,(H,26,29). The van der Waals surface area contributed by atoms with E-state index in [4.69, 9.17) is 10.00 Å². The fourth-order valence-electron chi connectivity index (χ4n) is 3.21. The van der Waals surface area contributed by atoms with Gasteiger partial charge < -0.3 is 10.1 Å². The highest BCUT2D eigenvalue weighted by molar-refractivity contribution is 7.99. The highest BCUT2D eigenvalue weighted by Crippen LogP contribution is 2.26. The van der Waals surface area contributed by atoms with E-state index in [1.807, 2.05) is 50.2 Å². The summed E-state index contributed by atoms with van der Waals surface area (Å²) >= 11 is 1.32. The molecular formula is C24H24N4O3S. The molecule has 0 saturated heterocycles. The van der Waals surface area contributed by atoms with Gasteiger partial charge in [-0.15, -0.1) is 11.8 Å². The number of aromatic nitrogens is 2. The number of aryl methyl sites for hydroxylation is 2. The van der Waals surface area contributed by atoms with E-state index in [1.54, 1.807) is 23.7 Å². The summed E-state index contributed by atoms with van der Waals surface area (Å²) in [4.78, 5) is 25.8. The van der Waals surface area contributed by atoms with Crippen LogP contribution in [-0.2, 0) is 16.1 Å². The van der Waals surface area contributed by atoms with E-state index >= 15 is 0 Å². The quantitative estimate of drug-likeness (QED) is 0.408. The van der Waals surface area contributed by atoms with Crippen molar-refractivity contribution in [3.8, 4) is 6.07 Å². The first-order chi connectivity index (χ1) is 15.4. The van der Waals surface area contributed by atoms with Crippen LogP contribution in [0.15, 0.2) is 53.4 Å². The molecule has 164 valence electrons. The van der Waals surface area contributed by atoms with E-state index in [9.17, 15) is 9.59 Å². The number of hydrogen-bond acceptors (Lipinski definition) is 6. The minimum Gasteiger partial charge on any atom is -0.452 e. The number of carbonyl (C=O) groups excluding carboxylic acids is 2. The smallest absolute Gasteiger partial charge is 0.342 e. The molecule has 7 nitrogen and oxygen atoms in total. The summed E-state index contributed by atoms with van der Waals surface area (Å²) in [5.74, 6) is -0.768. The molecule has 3 aromatic rings. The second-order valence-corrected chi connectivity index (χ2v) is 8.27. The lowest BCUT2D eigenvalue weighted by molar-refractivity contribution is -0.119. The Labute approximate surface area is 191 Å². The number of hydrogen-bond donors (Lipinski definition) is 1. The van der Waals surface area contributed by atoms with Gasteiger partial charge in [-0.1, -0.05) is 42.0 Å². The zero-order valence-corrected chi connectivity index (χ0v) is 19.0. The highest BCUT2D eigenvalue weighted by atomic mass is 32.2. The van der Waals surface area contributed by atoms with Crippen LogP contribution in [0.4, 0.5) is 5.69 Å². The third-order valence-corrected chi connectivity index (χ3v) is 5.77. The molecule has 0 spiro atoms. The molecular weight excluding hydrogens is 424 g/mol. The number of anilines is 1. The maximum absolute atomic E-state index is 12.7. The van der Waals surface area contributed by atoms with Crippen LogP contribution in [0.1, 0.15) is 32.9 Å². The Morgan fingerprint density at radius 1 is 1.12 bits per heavy atom. The first-order valence-electron chi connectivity index (χ1n) is 10.0. The summed E-state index contributed by atoms with van der Waals surface area (Å²) in [5.41, 5.74) is 4.44. The second-order valence-electron chi connectivity index (χ2n) is 7.26. The summed E-state index contributed by atoms with van der Waals surface area (Å²) in [6.45, 7) is 5.71. The van der Waals surface area contributed by atoms with Crippen LogP contribution in [-0.4, -0.2) is 34.0 Å². The molecule has 32 heavy (non-hydrogen) atoms. The van der Waals surface area contributed by atoms with Crippen molar-refractivity contribution in [2.75, 3.05) is 17.7 Å². The van der Waals surface area contributed by atoms with E-state index < -0.39 is 18.5 Å². The lowest BCUT2D eigenvalue weighted by Gasteiger charge is -2.10. The van der Waals surface area contributed by atoms with Gasteiger partial charge in [-0.2, -0.15) is 10.4 Å². The average molecular weight is 449 g/mol. The molecule has 0 bridgehead atoms. The molecule has 1 N–H and O–H groups in total. The van der Waals surface area contributed by atoms with Crippen LogP contribution < -0.4 is 5.32 Å². The van der Waals surface area contributed by atoms with Gasteiger partial charge in [0.05, 0.1) is 35.4 Å². The van der Waals surface area contributed by atoms with Gasteiger partial charge in [0.2, 0.25) is 0 Å². The maximum Gasteiger partial charge on any atom is 0.342 e. The van der Waals surface area contributed by atoms with Crippen molar-refractivity contribution in [1.82, 2.24) is 9.78 Å². The van der Waals surface area contributed by atoms with E-state index in [2.05, 4.69) is 16.5 Å². The fourth-order valence-corrected chi connectivity index (χ4v) is 3.88. The Morgan fingerprint density at radius 3 is 2.56 bits per heavy atom. The predicted octanol–water partition coefficient (Wildman–Crippen LogP) is 4.27. The minimum atomic E-state index is -0.586. The van der Waals surface area contributed by atoms with Gasteiger partial charge in [-0.05, 0) is 38.5 Å². The summed E-state index contributed by atoms with van der Waals surface area (Å²) in [7, 11) is 0. The van der Waals surface area contributed by atoms with Crippen LogP contribution >= 0.6 is 11.8 Å². The van der Waals surface area contributed by atoms with E-state index in [-0.39, 0.29) is 5.75 Å². The van der Waals surface area contributed by atoms with Crippen LogP contribution in [0, 0.1) is 32.1 Å². The first-order valence-corrected chi connectivity index (χ1v) is 11.0. The predicted molar refractivity (Wildman–Crippen MR) is 124 cm³/mol. The molecule has 0 unspecified atom stereocenters. The lowest BCUT2D eigenvalue weighted by atomic mass is 10.1. The molecule has 1 aromatic heterocycles. The number of benzene rings is 2. The van der Waals surface area contributed by atoms with Crippen LogP contribution in [0.2, 0.25) is 0 Å². The average Bonchev–Trinajstić information content (AvgIpc) is 3.06. The number of ether oxygens (including phenoxy) is 1. The Bertz CT molecular complexity index is 1160. The van der Waals surface area contributed by atoms with Crippen molar-refractivity contribution in [2.45, 2.75) is 32.2 Å². The molecule has 0 aliphatic carbocycles. The van der Waals surface area contributed by atoms with Crippen molar-refractivity contribution in [1.29, 1.82) is 5.26 Å². The van der Waals surface area contributed by atoms with Crippen LogP contribution in [0.25, 0.3) is 0 Å². The van der Waals surface area contributed by atoms with Gasteiger partial charge in [0.1, 0.15) is 5.56 Å². The number of nitriles is 1. The molecule has 1 heterocycles. The van der Waals surface area contributed by atoms with Crippen LogP contribution in [0.5, 0.6) is 0 Å². The second kappa shape index (κ2) is 10.6. The van der Waals surface area contributed by atoms with Crippen LogP contribution in [0.3, 0.4) is 0 Å². The molecule has 3 rings (SSSR count). The molecule has 0 saturated carbocycles. The van der Waals surface area contributed by atoms with Gasteiger partial charge in [-0.3, -0.25) is 9.48 Å². The zero-order chi connectivity index (χ0) is 23.1. The summed E-state index contributed by atoms with van der Waals surface area (Å²) in [5, 5.41) is 16.0. The number of carbonyl (C=O) groups is 2. The minimum absolute atomic E-state index is 0.271. The van der Waals surface area contributed by atoms with Gasteiger partial charge >= 0.3 is 5.97 Å². The van der Waals surface area contributed by atoms with Gasteiger partial charge in [0, 0.05) is 4.90 Å². The number of amides is 1. The van der Waals surface area contributed by atoms with Crippen molar-refractivity contribution in [3.63, 3.8) is 0 Å². The topological polar surface area (TPSA) is 97.0 Å².